The van der Waals surface area contributed by atoms with E-state index in [1.165, 1.54) is 18.2 Å². The van der Waals surface area contributed by atoms with Crippen LogP contribution in [0.15, 0.2) is 34.9 Å². The van der Waals surface area contributed by atoms with Crippen molar-refractivity contribution in [2.24, 2.45) is 0 Å². The summed E-state index contributed by atoms with van der Waals surface area (Å²) < 4.78 is 45.5. The highest BCUT2D eigenvalue weighted by Gasteiger charge is 2.34. The van der Waals surface area contributed by atoms with Gasteiger partial charge in [-0.25, -0.2) is 15.0 Å². The smallest absolute Gasteiger partial charge is 0.353 e. The highest BCUT2D eigenvalue weighted by Crippen LogP contribution is 2.36. The van der Waals surface area contributed by atoms with Gasteiger partial charge in [-0.15, -0.1) is 0 Å². The SMILES string of the molecule is Cc1nc(-c2ccccc2C(F)(F)F)nc2nc(-c3cc(C(C)(C)C)no3)[nH]c12. The Morgan fingerprint density at radius 1 is 1.00 bits per heavy atom. The molecule has 150 valence electrons. The van der Waals surface area contributed by atoms with Crippen LogP contribution in [0.5, 0.6) is 0 Å². The molecule has 0 radical (unpaired) electrons. The van der Waals surface area contributed by atoms with Crippen LogP contribution < -0.4 is 0 Å². The molecule has 0 bridgehead atoms. The number of benzene rings is 1. The number of aryl methyl sites for hydroxylation is 1. The lowest BCUT2D eigenvalue weighted by molar-refractivity contribution is -0.137. The van der Waals surface area contributed by atoms with Crippen molar-refractivity contribution >= 4 is 11.2 Å². The van der Waals surface area contributed by atoms with Crippen LogP contribution in [0.2, 0.25) is 0 Å². The van der Waals surface area contributed by atoms with E-state index in [2.05, 4.69) is 25.1 Å². The summed E-state index contributed by atoms with van der Waals surface area (Å²) in [6, 6.07) is 6.99. The van der Waals surface area contributed by atoms with Gasteiger partial charge in [0.1, 0.15) is 5.52 Å². The van der Waals surface area contributed by atoms with Crippen molar-refractivity contribution in [3.8, 4) is 23.0 Å². The lowest BCUT2D eigenvalue weighted by Gasteiger charge is -2.12. The molecule has 6 nitrogen and oxygen atoms in total. The van der Waals surface area contributed by atoms with Gasteiger partial charge < -0.3 is 9.51 Å². The third-order valence-corrected chi connectivity index (χ3v) is 4.52. The topological polar surface area (TPSA) is 80.5 Å². The van der Waals surface area contributed by atoms with Crippen LogP contribution in [0, 0.1) is 6.92 Å². The van der Waals surface area contributed by atoms with Gasteiger partial charge in [-0.3, -0.25) is 0 Å². The van der Waals surface area contributed by atoms with Crippen molar-refractivity contribution in [3.63, 3.8) is 0 Å². The van der Waals surface area contributed by atoms with Gasteiger partial charge in [-0.1, -0.05) is 44.1 Å². The molecule has 0 aliphatic rings. The molecule has 3 heterocycles. The molecule has 0 aliphatic heterocycles. The fourth-order valence-corrected chi connectivity index (χ4v) is 2.94. The summed E-state index contributed by atoms with van der Waals surface area (Å²) in [5, 5.41) is 4.06. The molecule has 0 fully saturated rings. The Labute approximate surface area is 164 Å². The Morgan fingerprint density at radius 3 is 2.38 bits per heavy atom. The van der Waals surface area contributed by atoms with Crippen LogP contribution in [0.4, 0.5) is 13.2 Å². The fraction of sp³-hybridized carbons (Fsp3) is 0.300. The van der Waals surface area contributed by atoms with Crippen LogP contribution in [-0.2, 0) is 11.6 Å². The Morgan fingerprint density at radius 2 is 1.72 bits per heavy atom. The maximum Gasteiger partial charge on any atom is 0.417 e. The number of halogens is 3. The molecule has 3 aromatic heterocycles. The maximum atomic E-state index is 13.4. The van der Waals surface area contributed by atoms with Gasteiger partial charge in [-0.2, -0.15) is 13.2 Å². The highest BCUT2D eigenvalue weighted by molar-refractivity contribution is 5.79. The number of imidazole rings is 1. The van der Waals surface area contributed by atoms with E-state index in [9.17, 15) is 13.2 Å². The molecule has 0 saturated carbocycles. The van der Waals surface area contributed by atoms with Gasteiger partial charge in [0.25, 0.3) is 0 Å². The first-order valence-corrected chi connectivity index (χ1v) is 8.92. The van der Waals surface area contributed by atoms with Crippen LogP contribution in [0.1, 0.15) is 37.7 Å². The zero-order chi connectivity index (χ0) is 21.0. The summed E-state index contributed by atoms with van der Waals surface area (Å²) in [6.45, 7) is 7.71. The second-order valence-corrected chi connectivity index (χ2v) is 7.79. The molecule has 1 N–H and O–H groups in total. The van der Waals surface area contributed by atoms with Gasteiger partial charge in [0.15, 0.2) is 17.3 Å². The number of nitrogens with one attached hydrogen (secondary N) is 1. The summed E-state index contributed by atoms with van der Waals surface area (Å²) in [7, 11) is 0. The van der Waals surface area contributed by atoms with E-state index < -0.39 is 11.7 Å². The second kappa shape index (κ2) is 6.40. The summed E-state index contributed by atoms with van der Waals surface area (Å²) in [6.07, 6.45) is -4.51. The van der Waals surface area contributed by atoms with Crippen molar-refractivity contribution in [1.29, 1.82) is 0 Å². The van der Waals surface area contributed by atoms with Crippen LogP contribution in [-0.4, -0.2) is 25.1 Å². The molecular weight excluding hydrogens is 383 g/mol. The van der Waals surface area contributed by atoms with Crippen LogP contribution in [0.25, 0.3) is 34.1 Å². The number of hydrogen-bond donors (Lipinski definition) is 1. The molecule has 0 saturated heterocycles. The molecule has 0 atom stereocenters. The predicted octanol–water partition coefficient (Wildman–Crippen LogP) is 5.30. The molecule has 9 heteroatoms. The van der Waals surface area contributed by atoms with Crippen LogP contribution >= 0.6 is 0 Å². The number of aromatic amines is 1. The van der Waals surface area contributed by atoms with Crippen molar-refractivity contribution in [2.75, 3.05) is 0 Å². The summed E-state index contributed by atoms with van der Waals surface area (Å²) >= 11 is 0. The quantitative estimate of drug-likeness (QED) is 0.493. The zero-order valence-corrected chi connectivity index (χ0v) is 16.2. The maximum absolute atomic E-state index is 13.4. The van der Waals surface area contributed by atoms with E-state index in [1.54, 1.807) is 13.0 Å². The average Bonchev–Trinajstić information content (AvgIpc) is 3.27. The number of nitrogens with zero attached hydrogens (tertiary/aromatic N) is 4. The van der Waals surface area contributed by atoms with E-state index in [1.807, 2.05) is 20.8 Å². The van der Waals surface area contributed by atoms with Crippen molar-refractivity contribution in [3.05, 3.63) is 47.3 Å². The molecule has 0 aliphatic carbocycles. The van der Waals surface area contributed by atoms with Gasteiger partial charge in [0, 0.05) is 17.0 Å². The predicted molar refractivity (Wildman–Crippen MR) is 101 cm³/mol. The number of hydrogen-bond acceptors (Lipinski definition) is 5. The standard InChI is InChI=1S/C20H18F3N5O/c1-10-15-18(27-17(25-15)13-9-14(28-29-13)19(2,3)4)26-16(24-10)11-7-5-6-8-12(11)20(21,22)23/h5-9H,1-4H3,(H,24,25,26,27). The minimum absolute atomic E-state index is 0.0334. The number of rotatable bonds is 2. The van der Waals surface area contributed by atoms with E-state index in [0.29, 0.717) is 22.8 Å². The number of aromatic nitrogens is 5. The third kappa shape index (κ3) is 3.48. The van der Waals surface area contributed by atoms with Crippen molar-refractivity contribution in [2.45, 2.75) is 39.3 Å². The van der Waals surface area contributed by atoms with Gasteiger partial charge in [0.05, 0.1) is 17.0 Å². The Kier molecular flexibility index (Phi) is 4.21. The number of fused-ring (bicyclic) bond motifs is 1. The molecule has 0 spiro atoms. The molecule has 29 heavy (non-hydrogen) atoms. The van der Waals surface area contributed by atoms with E-state index in [0.717, 1.165) is 11.8 Å². The number of H-pyrrole nitrogens is 1. The first kappa shape index (κ1) is 19.1. The van der Waals surface area contributed by atoms with Crippen molar-refractivity contribution < 1.29 is 17.7 Å². The minimum Gasteiger partial charge on any atom is -0.353 e. The summed E-state index contributed by atoms with van der Waals surface area (Å²) in [4.78, 5) is 16.0. The normalized spacial score (nSPS) is 12.7. The monoisotopic (exact) mass is 401 g/mol. The summed E-state index contributed by atoms with van der Waals surface area (Å²) in [5.41, 5.74) is 0.948. The molecule has 1 aromatic carbocycles. The van der Waals surface area contributed by atoms with Gasteiger partial charge in [-0.05, 0) is 13.0 Å². The Bertz CT molecular complexity index is 1200. The lowest BCUT2D eigenvalue weighted by Crippen LogP contribution is -2.10. The second-order valence-electron chi connectivity index (χ2n) is 7.79. The zero-order valence-electron chi connectivity index (χ0n) is 16.2. The molecule has 0 unspecified atom stereocenters. The van der Waals surface area contributed by atoms with Crippen LogP contribution in [0.3, 0.4) is 0 Å². The largest absolute Gasteiger partial charge is 0.417 e. The average molecular weight is 401 g/mol. The lowest BCUT2D eigenvalue weighted by atomic mass is 9.92. The molecule has 4 rings (SSSR count). The molecule has 0 amide bonds. The first-order valence-electron chi connectivity index (χ1n) is 8.92. The highest BCUT2D eigenvalue weighted by atomic mass is 19.4. The van der Waals surface area contributed by atoms with Gasteiger partial charge >= 0.3 is 6.18 Å². The van der Waals surface area contributed by atoms with Crippen molar-refractivity contribution in [1.82, 2.24) is 25.1 Å². The minimum atomic E-state index is -4.51. The van der Waals surface area contributed by atoms with E-state index in [-0.39, 0.29) is 22.5 Å². The number of alkyl halides is 3. The fourth-order valence-electron chi connectivity index (χ4n) is 2.94. The Balaban J connectivity index is 1.83. The van der Waals surface area contributed by atoms with E-state index in [4.69, 9.17) is 4.52 Å². The third-order valence-electron chi connectivity index (χ3n) is 4.52. The summed E-state index contributed by atoms with van der Waals surface area (Å²) in [5.74, 6) is 0.778. The Hall–Kier alpha value is -3.23. The van der Waals surface area contributed by atoms with E-state index >= 15 is 0 Å². The molecular formula is C20H18F3N5O. The first-order chi connectivity index (χ1) is 13.5. The van der Waals surface area contributed by atoms with Gasteiger partial charge in [0.2, 0.25) is 5.76 Å². The molecule has 4 aromatic rings.